The van der Waals surface area contributed by atoms with Crippen LogP contribution in [-0.4, -0.2) is 12.6 Å². The van der Waals surface area contributed by atoms with Crippen molar-refractivity contribution in [2.24, 2.45) is 56.2 Å². The molecule has 5 fully saturated rings. The number of rotatable bonds is 0. The van der Waals surface area contributed by atoms with Crippen molar-refractivity contribution < 1.29 is 9.53 Å². The van der Waals surface area contributed by atoms with E-state index < -0.39 is 0 Å². The van der Waals surface area contributed by atoms with Crippen molar-refractivity contribution in [3.8, 4) is 0 Å². The van der Waals surface area contributed by atoms with E-state index in [-0.39, 0.29) is 17.3 Å². The van der Waals surface area contributed by atoms with Crippen LogP contribution in [0.4, 0.5) is 0 Å². The van der Waals surface area contributed by atoms with Crippen molar-refractivity contribution in [2.45, 2.75) is 120 Å². The first-order valence-corrected chi connectivity index (χ1v) is 13.9. The zero-order valence-corrected chi connectivity index (χ0v) is 22.4. The van der Waals surface area contributed by atoms with E-state index in [9.17, 15) is 4.79 Å². The van der Waals surface area contributed by atoms with Crippen LogP contribution >= 0.6 is 0 Å². The Kier molecular flexibility index (Phi) is 4.92. The molecule has 5 aliphatic rings. The van der Waals surface area contributed by atoms with E-state index in [4.69, 9.17) is 4.74 Å². The maximum absolute atomic E-state index is 12.7. The molecular weight excluding hydrogens is 392 g/mol. The molecule has 0 spiro atoms. The first kappa shape index (κ1) is 23.2. The smallest absolute Gasteiger partial charge is 0.309 e. The van der Waals surface area contributed by atoms with E-state index in [1.807, 2.05) is 0 Å². The summed E-state index contributed by atoms with van der Waals surface area (Å²) in [6.07, 6.45) is 13.4. The third-order valence-electron chi connectivity index (χ3n) is 13.6. The Morgan fingerprint density at radius 3 is 2.03 bits per heavy atom. The summed E-state index contributed by atoms with van der Waals surface area (Å²) in [6.45, 7) is 21.0. The van der Waals surface area contributed by atoms with Crippen molar-refractivity contribution in [1.82, 2.24) is 0 Å². The summed E-state index contributed by atoms with van der Waals surface area (Å²) in [5.74, 6) is 2.33. The number of hydrogen-bond acceptors (Lipinski definition) is 2. The van der Waals surface area contributed by atoms with Crippen LogP contribution in [0.2, 0.25) is 0 Å². The minimum absolute atomic E-state index is 0.0303. The molecule has 0 bridgehead atoms. The summed E-state index contributed by atoms with van der Waals surface area (Å²) in [6, 6.07) is 0. The van der Waals surface area contributed by atoms with Crippen LogP contribution in [0.15, 0.2) is 0 Å². The number of fused-ring (bicyclic) bond motifs is 7. The molecule has 0 radical (unpaired) electrons. The number of ether oxygens (including phenoxy) is 1. The second-order valence-corrected chi connectivity index (χ2v) is 15.2. The van der Waals surface area contributed by atoms with Crippen molar-refractivity contribution in [2.75, 3.05) is 6.61 Å². The fourth-order valence-corrected chi connectivity index (χ4v) is 11.0. The van der Waals surface area contributed by atoms with Gasteiger partial charge < -0.3 is 4.74 Å². The zero-order chi connectivity index (χ0) is 23.4. The molecule has 0 N–H and O–H groups in total. The van der Waals surface area contributed by atoms with Gasteiger partial charge in [0.25, 0.3) is 0 Å². The lowest BCUT2D eigenvalue weighted by molar-refractivity contribution is -0.253. The molecule has 2 nitrogen and oxygen atoms in total. The second kappa shape index (κ2) is 6.78. The maximum Gasteiger partial charge on any atom is 0.309 e. The highest BCUT2D eigenvalue weighted by Gasteiger charge is 2.70. The van der Waals surface area contributed by atoms with Gasteiger partial charge in [-0.25, -0.2) is 0 Å². The number of cyclic esters (lactones) is 1. The standard InChI is InChI=1S/C30H50O2/c1-20-24(31)32-18-10-21-27(20,5)11-9-22-28(21,6)15-17-30(8)23-19-25(2,3)12-13-26(23,4)14-16-29(22,30)7/h20-23H,9-19H2,1-8H3/t20-,21+,22-,23+,26+,27+,28-,29+,30-/m0/s1. The van der Waals surface area contributed by atoms with Crippen LogP contribution < -0.4 is 0 Å². The highest BCUT2D eigenvalue weighted by Crippen LogP contribution is 2.78. The Balaban J connectivity index is 1.55. The van der Waals surface area contributed by atoms with E-state index in [0.717, 1.165) is 18.3 Å². The molecule has 5 rings (SSSR count). The molecule has 1 heterocycles. The maximum atomic E-state index is 12.7. The van der Waals surface area contributed by atoms with E-state index in [1.165, 1.54) is 57.8 Å². The molecule has 182 valence electrons. The van der Waals surface area contributed by atoms with Gasteiger partial charge in [-0.2, -0.15) is 0 Å². The van der Waals surface area contributed by atoms with Crippen molar-refractivity contribution in [3.05, 3.63) is 0 Å². The largest absolute Gasteiger partial charge is 0.465 e. The average Bonchev–Trinajstić information content (AvgIpc) is 2.83. The Hall–Kier alpha value is -0.530. The van der Waals surface area contributed by atoms with Gasteiger partial charge >= 0.3 is 5.97 Å². The van der Waals surface area contributed by atoms with Gasteiger partial charge in [-0.3, -0.25) is 4.79 Å². The predicted octanol–water partition coefficient (Wildman–Crippen LogP) is 8.04. The minimum Gasteiger partial charge on any atom is -0.465 e. The van der Waals surface area contributed by atoms with Gasteiger partial charge in [-0.15, -0.1) is 0 Å². The Morgan fingerprint density at radius 1 is 0.688 bits per heavy atom. The van der Waals surface area contributed by atoms with Crippen LogP contribution in [0, 0.1) is 56.2 Å². The van der Waals surface area contributed by atoms with Crippen LogP contribution in [0.25, 0.3) is 0 Å². The van der Waals surface area contributed by atoms with Gasteiger partial charge in [0.15, 0.2) is 0 Å². The topological polar surface area (TPSA) is 26.3 Å². The summed E-state index contributed by atoms with van der Waals surface area (Å²) >= 11 is 0. The van der Waals surface area contributed by atoms with E-state index >= 15 is 0 Å². The Morgan fingerprint density at radius 2 is 1.31 bits per heavy atom. The van der Waals surface area contributed by atoms with Crippen molar-refractivity contribution in [1.29, 1.82) is 0 Å². The molecule has 9 atom stereocenters. The van der Waals surface area contributed by atoms with Crippen LogP contribution in [0.1, 0.15) is 120 Å². The summed E-state index contributed by atoms with van der Waals surface area (Å²) in [5, 5.41) is 0. The fourth-order valence-electron chi connectivity index (χ4n) is 11.0. The highest BCUT2D eigenvalue weighted by molar-refractivity contribution is 5.73. The summed E-state index contributed by atoms with van der Waals surface area (Å²) in [4.78, 5) is 12.7. The number of carbonyl (C=O) groups is 1. The predicted molar refractivity (Wildman–Crippen MR) is 131 cm³/mol. The summed E-state index contributed by atoms with van der Waals surface area (Å²) in [5.41, 5.74) is 2.32. The molecule has 4 saturated carbocycles. The van der Waals surface area contributed by atoms with E-state index in [1.54, 1.807) is 0 Å². The molecule has 0 aromatic rings. The minimum atomic E-state index is 0.0303. The van der Waals surface area contributed by atoms with Gasteiger partial charge in [0.05, 0.1) is 12.5 Å². The zero-order valence-electron chi connectivity index (χ0n) is 22.4. The first-order valence-electron chi connectivity index (χ1n) is 13.9. The SMILES string of the molecule is C[C@H]1C(=O)OCC[C@@H]2[C@]1(C)CC[C@H]1[C@@]2(C)CC[C@@]2(C)[C@@H]3CC(C)(C)CC[C@]3(C)CC[C@]12C. The molecule has 2 heteroatoms. The highest BCUT2D eigenvalue weighted by atomic mass is 16.5. The second-order valence-electron chi connectivity index (χ2n) is 15.2. The molecule has 4 aliphatic carbocycles. The van der Waals surface area contributed by atoms with Crippen LogP contribution in [0.3, 0.4) is 0 Å². The lowest BCUT2D eigenvalue weighted by Gasteiger charge is -2.74. The van der Waals surface area contributed by atoms with E-state index in [0.29, 0.717) is 39.6 Å². The molecule has 0 unspecified atom stereocenters. The number of carbonyl (C=O) groups excluding carboxylic acids is 1. The number of hydrogen-bond donors (Lipinski definition) is 0. The molecule has 0 aromatic carbocycles. The average molecular weight is 443 g/mol. The van der Waals surface area contributed by atoms with Gasteiger partial charge in [0, 0.05) is 0 Å². The summed E-state index contributed by atoms with van der Waals surface area (Å²) < 4.78 is 5.72. The molecule has 0 amide bonds. The van der Waals surface area contributed by atoms with Crippen molar-refractivity contribution in [3.63, 3.8) is 0 Å². The molecule has 1 saturated heterocycles. The van der Waals surface area contributed by atoms with Crippen molar-refractivity contribution >= 4 is 5.97 Å². The monoisotopic (exact) mass is 442 g/mol. The molecule has 0 aromatic heterocycles. The normalized spacial score (nSPS) is 57.2. The van der Waals surface area contributed by atoms with Gasteiger partial charge in [0.1, 0.15) is 0 Å². The third kappa shape index (κ3) is 2.79. The third-order valence-corrected chi connectivity index (χ3v) is 13.6. The van der Waals surface area contributed by atoms with Gasteiger partial charge in [0.2, 0.25) is 0 Å². The van der Waals surface area contributed by atoms with E-state index in [2.05, 4.69) is 55.4 Å². The first-order chi connectivity index (χ1) is 14.7. The van der Waals surface area contributed by atoms with Crippen LogP contribution in [-0.2, 0) is 9.53 Å². The van der Waals surface area contributed by atoms with Crippen LogP contribution in [0.5, 0.6) is 0 Å². The Labute approximate surface area is 198 Å². The van der Waals surface area contributed by atoms with Gasteiger partial charge in [-0.05, 0) is 114 Å². The number of esters is 1. The lowest BCUT2D eigenvalue weighted by Crippen LogP contribution is -2.67. The molecule has 32 heavy (non-hydrogen) atoms. The Bertz CT molecular complexity index is 801. The summed E-state index contributed by atoms with van der Waals surface area (Å²) in [7, 11) is 0. The lowest BCUT2D eigenvalue weighted by atomic mass is 9.30. The quantitative estimate of drug-likeness (QED) is 0.355. The fraction of sp³-hybridized carbons (Fsp3) is 0.967. The molecule has 1 aliphatic heterocycles. The molecular formula is C30H50O2. The van der Waals surface area contributed by atoms with Gasteiger partial charge in [-0.1, -0.05) is 55.4 Å².